The van der Waals surface area contributed by atoms with Gasteiger partial charge in [-0.25, -0.2) is 4.98 Å². The Hall–Kier alpha value is -2.49. The minimum absolute atomic E-state index is 0.0177. The zero-order valence-electron chi connectivity index (χ0n) is 13.9. The first kappa shape index (κ1) is 15.4. The average molecular weight is 309 g/mol. The molecule has 0 aliphatic carbocycles. The molecule has 0 saturated heterocycles. The van der Waals surface area contributed by atoms with Gasteiger partial charge < -0.3 is 15.0 Å². The third-order valence-corrected chi connectivity index (χ3v) is 3.77. The molecule has 0 spiro atoms. The third kappa shape index (κ3) is 3.31. The highest BCUT2D eigenvalue weighted by Gasteiger charge is 2.22. The Morgan fingerprint density at radius 3 is 2.61 bits per heavy atom. The number of nitrogen functional groups attached to an aromatic ring is 1. The van der Waals surface area contributed by atoms with Crippen LogP contribution in [0.1, 0.15) is 26.6 Å². The molecule has 0 atom stereocenters. The van der Waals surface area contributed by atoms with Gasteiger partial charge in [-0.3, -0.25) is 0 Å². The molecule has 1 aromatic heterocycles. The van der Waals surface area contributed by atoms with E-state index in [4.69, 9.17) is 15.5 Å². The number of benzene rings is 2. The SMILES string of the molecule is CC(C)(C)c1nc2ccccc2n1CCOc1cccc(N)c1. The van der Waals surface area contributed by atoms with Gasteiger partial charge in [0.05, 0.1) is 17.6 Å². The van der Waals surface area contributed by atoms with Gasteiger partial charge in [-0.1, -0.05) is 39.0 Å². The summed E-state index contributed by atoms with van der Waals surface area (Å²) in [5, 5.41) is 0. The number of ether oxygens (including phenoxy) is 1. The van der Waals surface area contributed by atoms with Gasteiger partial charge in [0.15, 0.2) is 0 Å². The number of para-hydroxylation sites is 2. The molecular formula is C19H23N3O. The molecular weight excluding hydrogens is 286 g/mol. The van der Waals surface area contributed by atoms with Crippen molar-refractivity contribution >= 4 is 16.7 Å². The molecule has 0 amide bonds. The smallest absolute Gasteiger partial charge is 0.121 e. The largest absolute Gasteiger partial charge is 0.492 e. The molecule has 23 heavy (non-hydrogen) atoms. The van der Waals surface area contributed by atoms with Gasteiger partial charge in [0.2, 0.25) is 0 Å². The number of nitrogens with two attached hydrogens (primary N) is 1. The lowest BCUT2D eigenvalue weighted by Crippen LogP contribution is -2.21. The fourth-order valence-electron chi connectivity index (χ4n) is 2.73. The molecule has 4 heteroatoms. The van der Waals surface area contributed by atoms with Crippen LogP contribution in [0.2, 0.25) is 0 Å². The van der Waals surface area contributed by atoms with Gasteiger partial charge in [-0.2, -0.15) is 0 Å². The second-order valence-corrected chi connectivity index (χ2v) is 6.75. The molecule has 3 rings (SSSR count). The lowest BCUT2D eigenvalue weighted by atomic mass is 9.95. The molecule has 120 valence electrons. The predicted molar refractivity (Wildman–Crippen MR) is 94.8 cm³/mol. The van der Waals surface area contributed by atoms with E-state index in [-0.39, 0.29) is 5.41 Å². The van der Waals surface area contributed by atoms with Gasteiger partial charge in [0, 0.05) is 17.2 Å². The number of nitrogens with zero attached hydrogens (tertiary/aromatic N) is 2. The van der Waals surface area contributed by atoms with Crippen LogP contribution in [0, 0.1) is 0 Å². The Bertz CT molecular complexity index is 815. The summed E-state index contributed by atoms with van der Waals surface area (Å²) >= 11 is 0. The summed E-state index contributed by atoms with van der Waals surface area (Å²) in [6.45, 7) is 7.88. The number of hydrogen-bond donors (Lipinski definition) is 1. The molecule has 2 N–H and O–H groups in total. The van der Waals surface area contributed by atoms with Crippen molar-refractivity contribution in [1.29, 1.82) is 0 Å². The summed E-state index contributed by atoms with van der Waals surface area (Å²) in [5.74, 6) is 1.88. The Labute approximate surface area is 136 Å². The molecule has 4 nitrogen and oxygen atoms in total. The fourth-order valence-corrected chi connectivity index (χ4v) is 2.73. The van der Waals surface area contributed by atoms with Crippen LogP contribution in [0.15, 0.2) is 48.5 Å². The Balaban J connectivity index is 1.84. The van der Waals surface area contributed by atoms with E-state index in [1.165, 1.54) is 0 Å². The molecule has 2 aromatic carbocycles. The molecule has 0 unspecified atom stereocenters. The molecule has 0 bridgehead atoms. The number of imidazole rings is 1. The number of rotatable bonds is 4. The summed E-state index contributed by atoms with van der Waals surface area (Å²) < 4.78 is 8.10. The van der Waals surface area contributed by atoms with Crippen LogP contribution in [0.5, 0.6) is 5.75 Å². The highest BCUT2D eigenvalue weighted by Crippen LogP contribution is 2.26. The van der Waals surface area contributed by atoms with E-state index >= 15 is 0 Å². The first-order valence-electron chi connectivity index (χ1n) is 7.89. The van der Waals surface area contributed by atoms with Crippen molar-refractivity contribution in [3.8, 4) is 5.75 Å². The van der Waals surface area contributed by atoms with Crippen molar-refractivity contribution < 1.29 is 4.74 Å². The highest BCUT2D eigenvalue weighted by molar-refractivity contribution is 5.76. The maximum Gasteiger partial charge on any atom is 0.121 e. The zero-order valence-corrected chi connectivity index (χ0v) is 13.9. The van der Waals surface area contributed by atoms with Crippen LogP contribution in [-0.2, 0) is 12.0 Å². The topological polar surface area (TPSA) is 53.1 Å². The summed E-state index contributed by atoms with van der Waals surface area (Å²) in [7, 11) is 0. The van der Waals surface area contributed by atoms with Gasteiger partial charge in [0.25, 0.3) is 0 Å². The van der Waals surface area contributed by atoms with Gasteiger partial charge >= 0.3 is 0 Å². The van der Waals surface area contributed by atoms with E-state index in [0.29, 0.717) is 12.3 Å². The maximum absolute atomic E-state index is 5.85. The number of hydrogen-bond acceptors (Lipinski definition) is 3. The van der Waals surface area contributed by atoms with Crippen LogP contribution in [-0.4, -0.2) is 16.2 Å². The lowest BCUT2D eigenvalue weighted by Gasteiger charge is -2.20. The third-order valence-electron chi connectivity index (χ3n) is 3.77. The minimum Gasteiger partial charge on any atom is -0.492 e. The zero-order chi connectivity index (χ0) is 16.4. The first-order valence-corrected chi connectivity index (χ1v) is 7.89. The normalized spacial score (nSPS) is 11.8. The van der Waals surface area contributed by atoms with Crippen molar-refractivity contribution in [3.05, 3.63) is 54.4 Å². The van der Waals surface area contributed by atoms with E-state index in [2.05, 4.69) is 37.5 Å². The first-order chi connectivity index (χ1) is 10.9. The Morgan fingerprint density at radius 1 is 1.09 bits per heavy atom. The molecule has 1 heterocycles. The van der Waals surface area contributed by atoms with Gasteiger partial charge in [-0.05, 0) is 24.3 Å². The van der Waals surface area contributed by atoms with Crippen LogP contribution in [0.25, 0.3) is 11.0 Å². The maximum atomic E-state index is 5.85. The Morgan fingerprint density at radius 2 is 1.87 bits per heavy atom. The van der Waals surface area contributed by atoms with E-state index in [1.54, 1.807) is 0 Å². The van der Waals surface area contributed by atoms with Crippen molar-refractivity contribution in [2.75, 3.05) is 12.3 Å². The van der Waals surface area contributed by atoms with E-state index in [9.17, 15) is 0 Å². The molecule has 0 aliphatic heterocycles. The van der Waals surface area contributed by atoms with Crippen LogP contribution in [0.4, 0.5) is 5.69 Å². The molecule has 0 saturated carbocycles. The molecule has 0 fully saturated rings. The van der Waals surface area contributed by atoms with E-state index in [1.807, 2.05) is 36.4 Å². The number of fused-ring (bicyclic) bond motifs is 1. The number of aromatic nitrogens is 2. The molecule has 0 radical (unpaired) electrons. The minimum atomic E-state index is -0.0177. The van der Waals surface area contributed by atoms with Crippen molar-refractivity contribution in [3.63, 3.8) is 0 Å². The number of anilines is 1. The van der Waals surface area contributed by atoms with Crippen molar-refractivity contribution in [2.45, 2.75) is 32.7 Å². The lowest BCUT2D eigenvalue weighted by molar-refractivity contribution is 0.295. The second-order valence-electron chi connectivity index (χ2n) is 6.75. The monoisotopic (exact) mass is 309 g/mol. The fraction of sp³-hybridized carbons (Fsp3) is 0.316. The quantitative estimate of drug-likeness (QED) is 0.741. The highest BCUT2D eigenvalue weighted by atomic mass is 16.5. The van der Waals surface area contributed by atoms with Crippen LogP contribution in [0.3, 0.4) is 0 Å². The van der Waals surface area contributed by atoms with Crippen molar-refractivity contribution in [1.82, 2.24) is 9.55 Å². The summed E-state index contributed by atoms with van der Waals surface area (Å²) in [6.07, 6.45) is 0. The second kappa shape index (κ2) is 5.95. The summed E-state index contributed by atoms with van der Waals surface area (Å²) in [5.41, 5.74) is 8.66. The summed E-state index contributed by atoms with van der Waals surface area (Å²) in [6, 6.07) is 15.8. The predicted octanol–water partition coefficient (Wildman–Crippen LogP) is 4.00. The van der Waals surface area contributed by atoms with Gasteiger partial charge in [-0.15, -0.1) is 0 Å². The van der Waals surface area contributed by atoms with E-state index in [0.717, 1.165) is 29.2 Å². The van der Waals surface area contributed by atoms with Gasteiger partial charge in [0.1, 0.15) is 18.2 Å². The Kier molecular flexibility index (Phi) is 3.99. The van der Waals surface area contributed by atoms with Crippen LogP contribution < -0.4 is 10.5 Å². The van der Waals surface area contributed by atoms with E-state index < -0.39 is 0 Å². The van der Waals surface area contributed by atoms with Crippen LogP contribution >= 0.6 is 0 Å². The average Bonchev–Trinajstić information content (AvgIpc) is 2.87. The summed E-state index contributed by atoms with van der Waals surface area (Å²) in [4.78, 5) is 4.81. The standard InChI is InChI=1S/C19H23N3O/c1-19(2,3)18-21-16-9-4-5-10-17(16)22(18)11-12-23-15-8-6-7-14(20)13-15/h4-10,13H,11-12,20H2,1-3H3. The molecule has 0 aliphatic rings. The van der Waals surface area contributed by atoms with Crippen molar-refractivity contribution in [2.24, 2.45) is 0 Å². The molecule has 3 aromatic rings.